The molecule has 1 unspecified atom stereocenters. The molecule has 0 N–H and O–H groups in total. The van der Waals surface area contributed by atoms with Crippen molar-refractivity contribution < 1.29 is 0 Å². The number of para-hydroxylation sites is 1. The van der Waals surface area contributed by atoms with E-state index in [9.17, 15) is 0 Å². The van der Waals surface area contributed by atoms with Crippen molar-refractivity contribution in [2.24, 2.45) is 10.9 Å². The first-order valence-corrected chi connectivity index (χ1v) is 16.3. The van der Waals surface area contributed by atoms with E-state index < -0.39 is 0 Å². The molecule has 0 fully saturated rings. The summed E-state index contributed by atoms with van der Waals surface area (Å²) in [6.07, 6.45) is 9.72. The molecule has 6 aromatic carbocycles. The third-order valence-corrected chi connectivity index (χ3v) is 9.53. The van der Waals surface area contributed by atoms with Crippen molar-refractivity contribution in [3.8, 4) is 11.1 Å². The third-order valence-electron chi connectivity index (χ3n) is 9.53. The number of aliphatic imine (C=N–C) groups is 1. The summed E-state index contributed by atoms with van der Waals surface area (Å²) in [4.78, 5) is 5.25. The van der Waals surface area contributed by atoms with Crippen LogP contribution in [0.2, 0.25) is 0 Å². The van der Waals surface area contributed by atoms with E-state index in [1.54, 1.807) is 0 Å². The minimum atomic E-state index is 0.321. The van der Waals surface area contributed by atoms with Gasteiger partial charge in [-0.2, -0.15) is 0 Å². The number of hydrogen-bond donors (Lipinski definition) is 0. The zero-order chi connectivity index (χ0) is 31.0. The van der Waals surface area contributed by atoms with Gasteiger partial charge in [-0.05, 0) is 74.8 Å². The van der Waals surface area contributed by atoms with Gasteiger partial charge in [-0.1, -0.05) is 141 Å². The van der Waals surface area contributed by atoms with E-state index in [1.807, 2.05) is 0 Å². The van der Waals surface area contributed by atoms with Crippen LogP contribution in [0.3, 0.4) is 0 Å². The normalized spacial score (nSPS) is 15.8. The van der Waals surface area contributed by atoms with E-state index in [4.69, 9.17) is 4.99 Å². The molecule has 0 bridgehead atoms. The van der Waals surface area contributed by atoms with Crippen molar-refractivity contribution in [1.82, 2.24) is 4.57 Å². The van der Waals surface area contributed by atoms with Crippen LogP contribution >= 0.6 is 0 Å². The van der Waals surface area contributed by atoms with Gasteiger partial charge in [-0.3, -0.25) is 4.99 Å². The molecule has 0 saturated carbocycles. The molecule has 0 aliphatic heterocycles. The van der Waals surface area contributed by atoms with Crippen LogP contribution in [0.1, 0.15) is 25.8 Å². The maximum Gasteiger partial charge on any atom is 0.0668 e. The molecular weight excluding hydrogens is 556 g/mol. The molecule has 8 rings (SSSR count). The lowest BCUT2D eigenvalue weighted by Gasteiger charge is -2.23. The molecule has 0 saturated heterocycles. The summed E-state index contributed by atoms with van der Waals surface area (Å²) in [7, 11) is 0. The summed E-state index contributed by atoms with van der Waals surface area (Å²) in [5.74, 6) is 0.321. The number of allylic oxidation sites excluding steroid dienone is 6. The molecule has 2 nitrogen and oxygen atoms in total. The molecule has 1 aliphatic carbocycles. The van der Waals surface area contributed by atoms with Gasteiger partial charge >= 0.3 is 0 Å². The number of aromatic nitrogens is 1. The van der Waals surface area contributed by atoms with Gasteiger partial charge in [-0.15, -0.1) is 0 Å². The Morgan fingerprint density at radius 1 is 0.630 bits per heavy atom. The van der Waals surface area contributed by atoms with Gasteiger partial charge < -0.3 is 4.57 Å². The average molecular weight is 593 g/mol. The standard InChI is InChI=1S/C44H36N2/c1-3-30(2)44(46-42-22-11-9-18-38(42)40-27-34-14-4-5-15-35(34)28-43(40)46)39-19-8-10-21-41(39)45-29-31-23-25-33(26-24-31)37-20-12-16-32-13-6-7-17-36(32)37/h4-28,30H,3,29H2,1-2H3/b44-39+,45-41?. The number of nitrogens with zero attached hydrogens (tertiary/aromatic N) is 2. The van der Waals surface area contributed by atoms with E-state index >= 15 is 0 Å². The first-order valence-electron chi connectivity index (χ1n) is 16.3. The highest BCUT2D eigenvalue weighted by Crippen LogP contribution is 2.39. The molecule has 0 amide bonds. The molecule has 1 heterocycles. The minimum Gasteiger partial charge on any atom is -0.312 e. The second-order valence-corrected chi connectivity index (χ2v) is 12.3. The fourth-order valence-corrected chi connectivity index (χ4v) is 6.99. The second-order valence-electron chi connectivity index (χ2n) is 12.3. The number of hydrogen-bond acceptors (Lipinski definition) is 1. The van der Waals surface area contributed by atoms with Crippen molar-refractivity contribution in [3.05, 3.63) is 163 Å². The Kier molecular flexibility index (Phi) is 7.19. The first-order chi connectivity index (χ1) is 22.7. The van der Waals surface area contributed by atoms with E-state index in [1.165, 1.54) is 71.3 Å². The summed E-state index contributed by atoms with van der Waals surface area (Å²) < 4.78 is 2.51. The SMILES string of the molecule is CCC(C)/C(=C1/C=CC=CC1=NCc1ccc(-c2cccc3ccccc23)cc1)n1c2ccccc2c2cc3ccccc3cc21. The van der Waals surface area contributed by atoms with Crippen molar-refractivity contribution in [2.75, 3.05) is 0 Å². The van der Waals surface area contributed by atoms with E-state index in [2.05, 4.69) is 170 Å². The monoisotopic (exact) mass is 592 g/mol. The van der Waals surface area contributed by atoms with E-state index in [0.29, 0.717) is 12.5 Å². The highest BCUT2D eigenvalue weighted by Gasteiger charge is 2.22. The first kappa shape index (κ1) is 28.0. The maximum atomic E-state index is 5.25. The summed E-state index contributed by atoms with van der Waals surface area (Å²) in [5.41, 5.74) is 9.70. The van der Waals surface area contributed by atoms with Crippen LogP contribution in [0, 0.1) is 5.92 Å². The predicted octanol–water partition coefficient (Wildman–Crippen LogP) is 11.8. The summed E-state index contributed by atoms with van der Waals surface area (Å²) in [6.45, 7) is 5.25. The van der Waals surface area contributed by atoms with Crippen LogP contribution in [-0.4, -0.2) is 10.3 Å². The topological polar surface area (TPSA) is 17.3 Å². The highest BCUT2D eigenvalue weighted by atomic mass is 15.0. The van der Waals surface area contributed by atoms with Gasteiger partial charge in [-0.25, -0.2) is 0 Å². The van der Waals surface area contributed by atoms with Crippen molar-refractivity contribution in [2.45, 2.75) is 26.8 Å². The molecule has 0 radical (unpaired) electrons. The zero-order valence-corrected chi connectivity index (χ0v) is 26.3. The second kappa shape index (κ2) is 11.8. The quantitative estimate of drug-likeness (QED) is 0.183. The van der Waals surface area contributed by atoms with Crippen LogP contribution in [0.5, 0.6) is 0 Å². The number of rotatable bonds is 6. The molecule has 1 aromatic heterocycles. The Balaban J connectivity index is 1.23. The van der Waals surface area contributed by atoms with Crippen LogP contribution in [-0.2, 0) is 6.54 Å². The van der Waals surface area contributed by atoms with Crippen molar-refractivity contribution in [3.63, 3.8) is 0 Å². The zero-order valence-electron chi connectivity index (χ0n) is 26.3. The fourth-order valence-electron chi connectivity index (χ4n) is 6.99. The largest absolute Gasteiger partial charge is 0.312 e. The Bertz CT molecular complexity index is 2370. The lowest BCUT2D eigenvalue weighted by Crippen LogP contribution is -2.14. The lowest BCUT2D eigenvalue weighted by atomic mass is 9.93. The Hall–Kier alpha value is -5.47. The van der Waals surface area contributed by atoms with Crippen LogP contribution in [0.25, 0.3) is 60.2 Å². The molecule has 46 heavy (non-hydrogen) atoms. The molecule has 1 atom stereocenters. The van der Waals surface area contributed by atoms with Gasteiger partial charge in [0.1, 0.15) is 0 Å². The molecule has 7 aromatic rings. The Morgan fingerprint density at radius 2 is 1.30 bits per heavy atom. The molecule has 222 valence electrons. The number of fused-ring (bicyclic) bond motifs is 5. The van der Waals surface area contributed by atoms with Gasteiger partial charge in [0.2, 0.25) is 0 Å². The maximum absolute atomic E-state index is 5.25. The average Bonchev–Trinajstić information content (AvgIpc) is 3.43. The van der Waals surface area contributed by atoms with Crippen molar-refractivity contribution >= 4 is 54.8 Å². The molecule has 1 aliphatic rings. The predicted molar refractivity (Wildman–Crippen MR) is 198 cm³/mol. The van der Waals surface area contributed by atoms with E-state index in [0.717, 1.165) is 12.1 Å². The van der Waals surface area contributed by atoms with Gasteiger partial charge in [0.05, 0.1) is 23.3 Å². The van der Waals surface area contributed by atoms with Gasteiger partial charge in [0.15, 0.2) is 0 Å². The van der Waals surface area contributed by atoms with Gasteiger partial charge in [0.25, 0.3) is 0 Å². The van der Waals surface area contributed by atoms with Crippen LogP contribution in [0.15, 0.2) is 162 Å². The fraction of sp³-hybridized carbons (Fsp3) is 0.114. The summed E-state index contributed by atoms with van der Waals surface area (Å²) in [6, 6.07) is 46.3. The van der Waals surface area contributed by atoms with Crippen LogP contribution < -0.4 is 0 Å². The number of benzene rings is 6. The van der Waals surface area contributed by atoms with Gasteiger partial charge in [0, 0.05) is 22.0 Å². The highest BCUT2D eigenvalue weighted by molar-refractivity contribution is 6.18. The minimum absolute atomic E-state index is 0.321. The molecular formula is C44H36N2. The Labute approximate surface area is 270 Å². The van der Waals surface area contributed by atoms with Crippen LogP contribution in [0.4, 0.5) is 0 Å². The Morgan fingerprint density at radius 3 is 2.11 bits per heavy atom. The smallest absolute Gasteiger partial charge is 0.0668 e. The third kappa shape index (κ3) is 4.87. The lowest BCUT2D eigenvalue weighted by molar-refractivity contribution is 0.688. The van der Waals surface area contributed by atoms with Crippen molar-refractivity contribution in [1.29, 1.82) is 0 Å². The molecule has 2 heteroatoms. The van der Waals surface area contributed by atoms with E-state index in [-0.39, 0.29) is 0 Å². The molecule has 0 spiro atoms. The summed E-state index contributed by atoms with van der Waals surface area (Å²) >= 11 is 0. The summed E-state index contributed by atoms with van der Waals surface area (Å²) in [5, 5.41) is 7.64.